The quantitative estimate of drug-likeness (QED) is 0.478. The van der Waals surface area contributed by atoms with Gasteiger partial charge in [-0.1, -0.05) is 23.2 Å². The first-order valence-electron chi connectivity index (χ1n) is 6.21. The summed E-state index contributed by atoms with van der Waals surface area (Å²) in [5.41, 5.74) is 1.08. The first kappa shape index (κ1) is 16.0. The Bertz CT molecular complexity index is 711. The molecule has 22 heavy (non-hydrogen) atoms. The Morgan fingerprint density at radius 2 is 1.59 bits per heavy atom. The number of nitrogens with one attached hydrogen (secondary N) is 1. The van der Waals surface area contributed by atoms with Gasteiger partial charge in [0.05, 0.1) is 16.8 Å². The normalized spacial score (nSPS) is 11.6. The molecule has 7 heteroatoms. The zero-order chi connectivity index (χ0) is 15.9. The van der Waals surface area contributed by atoms with E-state index in [-0.39, 0.29) is 5.70 Å². The number of anilines is 1. The molecular formula is C15H11Cl2N3O2. The van der Waals surface area contributed by atoms with Crippen LogP contribution in [0.15, 0.2) is 65.4 Å². The summed E-state index contributed by atoms with van der Waals surface area (Å²) in [6.45, 7) is 0. The van der Waals surface area contributed by atoms with Crippen molar-refractivity contribution in [2.75, 3.05) is 5.32 Å². The van der Waals surface area contributed by atoms with Gasteiger partial charge in [-0.15, -0.1) is 0 Å². The molecule has 0 radical (unpaired) electrons. The standard InChI is InChI=1S/C15H11Cl2N3O2/c16-11-1-5-13(6-2-11)18-9-15(20(21)22)10-19-14-7-3-12(17)4-8-14/h1-10,18H. The Kier molecular flexibility index (Phi) is 5.52. The summed E-state index contributed by atoms with van der Waals surface area (Å²) in [4.78, 5) is 14.5. The lowest BCUT2D eigenvalue weighted by Gasteiger charge is -2.00. The van der Waals surface area contributed by atoms with E-state index in [0.717, 1.165) is 0 Å². The Hall–Kier alpha value is -2.37. The molecule has 0 aromatic heterocycles. The molecule has 0 atom stereocenters. The largest absolute Gasteiger partial charge is 0.356 e. The van der Waals surface area contributed by atoms with Gasteiger partial charge in [0.25, 0.3) is 0 Å². The molecule has 0 aliphatic heterocycles. The molecule has 112 valence electrons. The van der Waals surface area contributed by atoms with Crippen LogP contribution in [0.1, 0.15) is 0 Å². The lowest BCUT2D eigenvalue weighted by Crippen LogP contribution is -2.03. The fourth-order valence-electron chi connectivity index (χ4n) is 1.51. The van der Waals surface area contributed by atoms with E-state index in [9.17, 15) is 10.1 Å². The molecule has 0 saturated carbocycles. The molecule has 2 aromatic carbocycles. The van der Waals surface area contributed by atoms with E-state index in [1.807, 2.05) is 0 Å². The highest BCUT2D eigenvalue weighted by Crippen LogP contribution is 2.16. The van der Waals surface area contributed by atoms with Gasteiger partial charge in [-0.25, -0.2) is 4.99 Å². The number of aliphatic imine (C=N–C) groups is 1. The molecule has 0 amide bonds. The van der Waals surface area contributed by atoms with Gasteiger partial charge in [0, 0.05) is 15.7 Å². The van der Waals surface area contributed by atoms with Crippen molar-refractivity contribution in [1.29, 1.82) is 0 Å². The van der Waals surface area contributed by atoms with Gasteiger partial charge in [-0.3, -0.25) is 10.1 Å². The van der Waals surface area contributed by atoms with Crippen molar-refractivity contribution < 1.29 is 4.92 Å². The van der Waals surface area contributed by atoms with Crippen molar-refractivity contribution in [2.24, 2.45) is 4.99 Å². The molecular weight excluding hydrogens is 325 g/mol. The van der Waals surface area contributed by atoms with Crippen molar-refractivity contribution in [1.82, 2.24) is 0 Å². The van der Waals surface area contributed by atoms with Crippen LogP contribution < -0.4 is 5.32 Å². The number of halogens is 2. The summed E-state index contributed by atoms with van der Waals surface area (Å²) >= 11 is 11.5. The number of nitro groups is 1. The smallest absolute Gasteiger partial charge is 0.303 e. The summed E-state index contributed by atoms with van der Waals surface area (Å²) in [7, 11) is 0. The van der Waals surface area contributed by atoms with Crippen molar-refractivity contribution in [3.63, 3.8) is 0 Å². The van der Waals surface area contributed by atoms with E-state index in [2.05, 4.69) is 10.3 Å². The van der Waals surface area contributed by atoms with Gasteiger partial charge >= 0.3 is 5.70 Å². The van der Waals surface area contributed by atoms with E-state index < -0.39 is 4.92 Å². The van der Waals surface area contributed by atoms with Gasteiger partial charge in [0.1, 0.15) is 6.21 Å². The number of benzene rings is 2. The second-order valence-electron chi connectivity index (χ2n) is 4.21. The number of hydrogen-bond acceptors (Lipinski definition) is 4. The minimum absolute atomic E-state index is 0.176. The van der Waals surface area contributed by atoms with E-state index in [1.54, 1.807) is 48.5 Å². The highest BCUT2D eigenvalue weighted by molar-refractivity contribution is 6.30. The molecule has 5 nitrogen and oxygen atoms in total. The van der Waals surface area contributed by atoms with Crippen LogP contribution in [0.25, 0.3) is 0 Å². The van der Waals surface area contributed by atoms with Gasteiger partial charge in [-0.2, -0.15) is 0 Å². The average molecular weight is 336 g/mol. The second kappa shape index (κ2) is 7.59. The van der Waals surface area contributed by atoms with Crippen LogP contribution in [0.3, 0.4) is 0 Å². The number of hydrogen-bond donors (Lipinski definition) is 1. The highest BCUT2D eigenvalue weighted by Gasteiger charge is 2.06. The molecule has 2 rings (SSSR count). The first-order valence-corrected chi connectivity index (χ1v) is 6.96. The Morgan fingerprint density at radius 1 is 1.05 bits per heavy atom. The zero-order valence-electron chi connectivity index (χ0n) is 11.2. The molecule has 0 unspecified atom stereocenters. The van der Waals surface area contributed by atoms with Gasteiger partial charge in [0.2, 0.25) is 0 Å². The molecule has 2 aromatic rings. The minimum Gasteiger partial charge on any atom is -0.356 e. The SMILES string of the molecule is O=[N+]([O-])C(C=Nc1ccc(Cl)cc1)=CNc1ccc(Cl)cc1. The van der Waals surface area contributed by atoms with Gasteiger partial charge in [0.15, 0.2) is 0 Å². The molecule has 0 heterocycles. The molecule has 0 fully saturated rings. The lowest BCUT2D eigenvalue weighted by atomic mass is 10.3. The number of rotatable bonds is 5. The predicted octanol–water partition coefficient (Wildman–Crippen LogP) is 4.93. The van der Waals surface area contributed by atoms with E-state index >= 15 is 0 Å². The summed E-state index contributed by atoms with van der Waals surface area (Å²) in [6, 6.07) is 13.5. The lowest BCUT2D eigenvalue weighted by molar-refractivity contribution is -0.414. The third kappa shape index (κ3) is 4.87. The summed E-state index contributed by atoms with van der Waals surface area (Å²) in [5, 5.41) is 15.0. The zero-order valence-corrected chi connectivity index (χ0v) is 12.8. The molecule has 0 saturated heterocycles. The Labute approximate surface area is 137 Å². The number of nitrogens with zero attached hydrogens (tertiary/aromatic N) is 2. The third-order valence-corrected chi connectivity index (χ3v) is 3.12. The van der Waals surface area contributed by atoms with Crippen LogP contribution in [0.4, 0.5) is 11.4 Å². The number of allylic oxidation sites excluding steroid dienone is 1. The minimum atomic E-state index is -0.525. The van der Waals surface area contributed by atoms with Gasteiger partial charge < -0.3 is 5.32 Å². The fourth-order valence-corrected chi connectivity index (χ4v) is 1.76. The maximum Gasteiger partial charge on any atom is 0.303 e. The van der Waals surface area contributed by atoms with Gasteiger partial charge in [-0.05, 0) is 48.5 Å². The summed E-state index contributed by atoms with van der Waals surface area (Å²) in [5.74, 6) is 0. The molecule has 0 bridgehead atoms. The van der Waals surface area contributed by atoms with Crippen molar-refractivity contribution in [2.45, 2.75) is 0 Å². The molecule has 0 aliphatic rings. The van der Waals surface area contributed by atoms with Crippen molar-refractivity contribution >= 4 is 40.8 Å². The molecule has 0 spiro atoms. The molecule has 0 aliphatic carbocycles. The second-order valence-corrected chi connectivity index (χ2v) is 5.09. The van der Waals surface area contributed by atoms with Crippen LogP contribution in [-0.4, -0.2) is 11.1 Å². The average Bonchev–Trinajstić information content (AvgIpc) is 2.50. The maximum absolute atomic E-state index is 11.0. The Morgan fingerprint density at radius 3 is 2.14 bits per heavy atom. The van der Waals surface area contributed by atoms with Crippen molar-refractivity contribution in [3.05, 3.63) is 80.6 Å². The van der Waals surface area contributed by atoms with E-state index in [4.69, 9.17) is 23.2 Å². The highest BCUT2D eigenvalue weighted by atomic mass is 35.5. The van der Waals surface area contributed by atoms with Crippen LogP contribution in [-0.2, 0) is 0 Å². The Balaban J connectivity index is 2.12. The van der Waals surface area contributed by atoms with Crippen LogP contribution in [0, 0.1) is 10.1 Å². The van der Waals surface area contributed by atoms with Crippen LogP contribution in [0.2, 0.25) is 10.0 Å². The van der Waals surface area contributed by atoms with E-state index in [1.165, 1.54) is 12.4 Å². The maximum atomic E-state index is 11.0. The fraction of sp³-hybridized carbons (Fsp3) is 0. The first-order chi connectivity index (χ1) is 10.5. The van der Waals surface area contributed by atoms with Crippen LogP contribution >= 0.6 is 23.2 Å². The summed E-state index contributed by atoms with van der Waals surface area (Å²) < 4.78 is 0. The molecule has 1 N–H and O–H groups in total. The monoisotopic (exact) mass is 335 g/mol. The van der Waals surface area contributed by atoms with Crippen molar-refractivity contribution in [3.8, 4) is 0 Å². The predicted molar refractivity (Wildman–Crippen MR) is 89.8 cm³/mol. The third-order valence-electron chi connectivity index (χ3n) is 2.61. The van der Waals surface area contributed by atoms with E-state index in [0.29, 0.717) is 21.4 Å². The topological polar surface area (TPSA) is 67.5 Å². The van der Waals surface area contributed by atoms with Crippen LogP contribution in [0.5, 0.6) is 0 Å². The summed E-state index contributed by atoms with van der Waals surface area (Å²) in [6.07, 6.45) is 2.44.